The maximum absolute atomic E-state index is 12.7. The van der Waals surface area contributed by atoms with E-state index in [2.05, 4.69) is 57.6 Å². The largest absolute Gasteiger partial charge is 0.497 e. The maximum atomic E-state index is 12.7. The predicted molar refractivity (Wildman–Crippen MR) is 134 cm³/mol. The van der Waals surface area contributed by atoms with Gasteiger partial charge >= 0.3 is 11.8 Å². The van der Waals surface area contributed by atoms with Crippen molar-refractivity contribution in [1.82, 2.24) is 15.1 Å². The number of nitrogens with zero attached hydrogens (tertiary/aromatic N) is 3. The van der Waals surface area contributed by atoms with E-state index in [1.807, 2.05) is 0 Å². The highest BCUT2D eigenvalue weighted by Gasteiger charge is 2.27. The van der Waals surface area contributed by atoms with Crippen LogP contribution in [0, 0.1) is 0 Å². The lowest BCUT2D eigenvalue weighted by Gasteiger charge is -2.39. The molecule has 2 heterocycles. The molecule has 0 bridgehead atoms. The molecular formula is C26H35N5O3. The SMILES string of the molecule is COc1cccc(NC(=O)C(=O)NC[C@H](c2ccc3c(c2)CCCN3C)N2CCN(C)CC2)c1. The first-order valence-electron chi connectivity index (χ1n) is 11.9. The predicted octanol–water partition coefficient (Wildman–Crippen LogP) is 2.12. The first-order valence-corrected chi connectivity index (χ1v) is 11.9. The summed E-state index contributed by atoms with van der Waals surface area (Å²) in [5.74, 6) is -0.705. The molecule has 2 amide bonds. The fourth-order valence-electron chi connectivity index (χ4n) is 4.76. The Balaban J connectivity index is 1.46. The van der Waals surface area contributed by atoms with Crippen molar-refractivity contribution in [3.8, 4) is 5.75 Å². The van der Waals surface area contributed by atoms with Gasteiger partial charge in [-0.05, 0) is 49.2 Å². The van der Waals surface area contributed by atoms with E-state index in [0.29, 0.717) is 18.0 Å². The maximum Gasteiger partial charge on any atom is 0.313 e. The first-order chi connectivity index (χ1) is 16.4. The van der Waals surface area contributed by atoms with Gasteiger partial charge in [0.15, 0.2) is 0 Å². The number of nitrogens with one attached hydrogen (secondary N) is 2. The molecule has 0 unspecified atom stereocenters. The topological polar surface area (TPSA) is 77.1 Å². The fourth-order valence-corrected chi connectivity index (χ4v) is 4.76. The zero-order chi connectivity index (χ0) is 24.1. The average molecular weight is 466 g/mol. The number of carbonyl (C=O) groups is 2. The minimum Gasteiger partial charge on any atom is -0.497 e. The molecule has 182 valence electrons. The van der Waals surface area contributed by atoms with Crippen molar-refractivity contribution >= 4 is 23.2 Å². The summed E-state index contributed by atoms with van der Waals surface area (Å²) < 4.78 is 5.18. The number of benzene rings is 2. The van der Waals surface area contributed by atoms with E-state index in [0.717, 1.165) is 45.6 Å². The van der Waals surface area contributed by atoms with Gasteiger partial charge in [-0.3, -0.25) is 14.5 Å². The van der Waals surface area contributed by atoms with Crippen LogP contribution in [0.15, 0.2) is 42.5 Å². The Bertz CT molecular complexity index is 1020. The second-order valence-corrected chi connectivity index (χ2v) is 9.16. The van der Waals surface area contributed by atoms with Crippen LogP contribution in [0.3, 0.4) is 0 Å². The Morgan fingerprint density at radius 2 is 1.79 bits per heavy atom. The van der Waals surface area contributed by atoms with Gasteiger partial charge in [0.25, 0.3) is 0 Å². The molecule has 0 aromatic heterocycles. The van der Waals surface area contributed by atoms with Crippen molar-refractivity contribution in [2.24, 2.45) is 0 Å². The van der Waals surface area contributed by atoms with E-state index in [1.54, 1.807) is 31.4 Å². The molecule has 8 nitrogen and oxygen atoms in total. The van der Waals surface area contributed by atoms with Gasteiger partial charge in [0.1, 0.15) is 5.75 Å². The Morgan fingerprint density at radius 1 is 1.00 bits per heavy atom. The lowest BCUT2D eigenvalue weighted by Crippen LogP contribution is -2.49. The number of hydrogen-bond donors (Lipinski definition) is 2. The smallest absolute Gasteiger partial charge is 0.313 e. The van der Waals surface area contributed by atoms with Crippen LogP contribution >= 0.6 is 0 Å². The number of anilines is 2. The van der Waals surface area contributed by atoms with Crippen LogP contribution in [-0.4, -0.2) is 82.1 Å². The molecule has 1 atom stereocenters. The van der Waals surface area contributed by atoms with E-state index in [-0.39, 0.29) is 6.04 Å². The van der Waals surface area contributed by atoms with Crippen molar-refractivity contribution < 1.29 is 14.3 Å². The molecule has 2 aliphatic heterocycles. The number of hydrogen-bond acceptors (Lipinski definition) is 6. The Labute approximate surface area is 201 Å². The summed E-state index contributed by atoms with van der Waals surface area (Å²) in [6, 6.07) is 13.6. The third kappa shape index (κ3) is 5.69. The summed E-state index contributed by atoms with van der Waals surface area (Å²) in [7, 11) is 5.83. The normalized spacial score (nSPS) is 17.6. The molecule has 2 aromatic rings. The Hall–Kier alpha value is -3.10. The number of ether oxygens (including phenoxy) is 1. The van der Waals surface area contributed by atoms with Crippen LogP contribution in [0.2, 0.25) is 0 Å². The molecule has 8 heteroatoms. The molecule has 0 saturated carbocycles. The number of fused-ring (bicyclic) bond motifs is 1. The number of carbonyl (C=O) groups excluding carboxylic acids is 2. The summed E-state index contributed by atoms with van der Waals surface area (Å²) in [6.45, 7) is 5.26. The Kier molecular flexibility index (Phi) is 7.70. The summed E-state index contributed by atoms with van der Waals surface area (Å²) in [5.41, 5.74) is 4.35. The van der Waals surface area contributed by atoms with Crippen LogP contribution in [0.1, 0.15) is 23.6 Å². The van der Waals surface area contributed by atoms with Crippen molar-refractivity contribution in [2.75, 3.05) is 70.7 Å². The highest BCUT2D eigenvalue weighted by Crippen LogP contribution is 2.31. The van der Waals surface area contributed by atoms with Crippen molar-refractivity contribution in [1.29, 1.82) is 0 Å². The van der Waals surface area contributed by atoms with Crippen molar-refractivity contribution in [3.63, 3.8) is 0 Å². The molecule has 34 heavy (non-hydrogen) atoms. The average Bonchev–Trinajstić information content (AvgIpc) is 2.85. The number of piperazine rings is 1. The van der Waals surface area contributed by atoms with Crippen LogP contribution in [0.5, 0.6) is 5.75 Å². The van der Waals surface area contributed by atoms with Gasteiger partial charge in [-0.15, -0.1) is 0 Å². The zero-order valence-electron chi connectivity index (χ0n) is 20.3. The van der Waals surface area contributed by atoms with Gasteiger partial charge in [-0.25, -0.2) is 0 Å². The third-order valence-electron chi connectivity index (χ3n) is 6.81. The monoisotopic (exact) mass is 465 g/mol. The molecule has 2 N–H and O–H groups in total. The first kappa shape index (κ1) is 24.0. The number of methoxy groups -OCH3 is 1. The summed E-state index contributed by atoms with van der Waals surface area (Å²) in [6.07, 6.45) is 2.21. The number of amides is 2. The molecule has 2 aliphatic rings. The molecule has 1 fully saturated rings. The van der Waals surface area contributed by atoms with Crippen LogP contribution in [0.4, 0.5) is 11.4 Å². The fraction of sp³-hybridized carbons (Fsp3) is 0.462. The van der Waals surface area contributed by atoms with Gasteiger partial charge in [-0.2, -0.15) is 0 Å². The van der Waals surface area contributed by atoms with Crippen molar-refractivity contribution in [2.45, 2.75) is 18.9 Å². The van der Waals surface area contributed by atoms with E-state index in [1.165, 1.54) is 16.8 Å². The quantitative estimate of drug-likeness (QED) is 0.637. The molecule has 0 aliphatic carbocycles. The molecule has 0 spiro atoms. The minimum absolute atomic E-state index is 0.0137. The highest BCUT2D eigenvalue weighted by atomic mass is 16.5. The van der Waals surface area contributed by atoms with Gasteiger partial charge < -0.3 is 25.2 Å². The second-order valence-electron chi connectivity index (χ2n) is 9.16. The zero-order valence-corrected chi connectivity index (χ0v) is 20.3. The second kappa shape index (κ2) is 10.9. The number of rotatable bonds is 6. The molecule has 1 saturated heterocycles. The number of likely N-dealkylation sites (N-methyl/N-ethyl adjacent to an activating group) is 1. The highest BCUT2D eigenvalue weighted by molar-refractivity contribution is 6.39. The van der Waals surface area contributed by atoms with Gasteiger partial charge in [-0.1, -0.05) is 18.2 Å². The lowest BCUT2D eigenvalue weighted by molar-refractivity contribution is -0.136. The Morgan fingerprint density at radius 3 is 2.56 bits per heavy atom. The summed E-state index contributed by atoms with van der Waals surface area (Å²) in [5, 5.41) is 5.53. The van der Waals surface area contributed by atoms with Crippen LogP contribution in [0.25, 0.3) is 0 Å². The number of aryl methyl sites for hydroxylation is 1. The summed E-state index contributed by atoms with van der Waals surface area (Å²) in [4.78, 5) is 32.2. The van der Waals surface area contributed by atoms with Gasteiger partial charge in [0.2, 0.25) is 0 Å². The standard InChI is InChI=1S/C26H35N5O3/c1-29-12-14-31(15-13-29)24(20-9-10-23-19(16-20)6-5-11-30(23)2)18-27-25(32)26(33)28-21-7-4-8-22(17-21)34-3/h4,7-10,16-17,24H,5-6,11-15,18H2,1-3H3,(H,27,32)(H,28,33)/t24-/m1/s1. The van der Waals surface area contributed by atoms with Crippen molar-refractivity contribution in [3.05, 3.63) is 53.6 Å². The molecule has 2 aromatic carbocycles. The third-order valence-corrected chi connectivity index (χ3v) is 6.81. The lowest BCUT2D eigenvalue weighted by atomic mass is 9.95. The molecule has 0 radical (unpaired) electrons. The van der Waals surface area contributed by atoms with Crippen LogP contribution in [-0.2, 0) is 16.0 Å². The van der Waals surface area contributed by atoms with E-state index >= 15 is 0 Å². The summed E-state index contributed by atoms with van der Waals surface area (Å²) >= 11 is 0. The molecular weight excluding hydrogens is 430 g/mol. The van der Waals surface area contributed by atoms with E-state index in [4.69, 9.17) is 4.74 Å². The molecule has 4 rings (SSSR count). The van der Waals surface area contributed by atoms with E-state index in [9.17, 15) is 9.59 Å². The minimum atomic E-state index is -0.683. The van der Waals surface area contributed by atoms with E-state index < -0.39 is 11.8 Å². The van der Waals surface area contributed by atoms with Crippen LogP contribution < -0.4 is 20.3 Å². The van der Waals surface area contributed by atoms with Gasteiger partial charge in [0, 0.05) is 63.8 Å². The van der Waals surface area contributed by atoms with Gasteiger partial charge in [0.05, 0.1) is 13.2 Å².